The van der Waals surface area contributed by atoms with Gasteiger partial charge in [-0.2, -0.15) is 0 Å². The average Bonchev–Trinajstić information content (AvgIpc) is 2.99. The Morgan fingerprint density at radius 1 is 1.43 bits per heavy atom. The Morgan fingerprint density at radius 3 is 2.81 bits per heavy atom. The minimum Gasteiger partial charge on any atom is -0.339 e. The van der Waals surface area contributed by atoms with Gasteiger partial charge in [-0.15, -0.1) is 0 Å². The van der Waals surface area contributed by atoms with Gasteiger partial charge < -0.3 is 10.2 Å². The maximum atomic E-state index is 13.3. The van der Waals surface area contributed by atoms with Crippen LogP contribution >= 0.6 is 0 Å². The van der Waals surface area contributed by atoms with Gasteiger partial charge in [0.15, 0.2) is 11.6 Å². The van der Waals surface area contributed by atoms with Crippen molar-refractivity contribution >= 4 is 5.91 Å². The van der Waals surface area contributed by atoms with Crippen molar-refractivity contribution in [3.05, 3.63) is 35.4 Å². The highest BCUT2D eigenvalue weighted by atomic mass is 19.2. The van der Waals surface area contributed by atoms with Crippen molar-refractivity contribution in [2.45, 2.75) is 32.2 Å². The van der Waals surface area contributed by atoms with Gasteiger partial charge >= 0.3 is 0 Å². The molecule has 1 N–H and O–H groups in total. The monoisotopic (exact) mass is 296 g/mol. The SMILES string of the molecule is CC(c1ccc(F)c(F)c1)N(C)C(=O)CCC1CCNC1. The van der Waals surface area contributed by atoms with Gasteiger partial charge in [0.05, 0.1) is 6.04 Å². The normalized spacial score (nSPS) is 19.5. The molecule has 2 atom stereocenters. The van der Waals surface area contributed by atoms with Crippen LogP contribution < -0.4 is 5.32 Å². The minimum absolute atomic E-state index is 0.0409. The number of nitrogens with zero attached hydrogens (tertiary/aromatic N) is 1. The topological polar surface area (TPSA) is 32.3 Å². The first-order chi connectivity index (χ1) is 9.99. The summed E-state index contributed by atoms with van der Waals surface area (Å²) < 4.78 is 26.2. The summed E-state index contributed by atoms with van der Waals surface area (Å²) >= 11 is 0. The van der Waals surface area contributed by atoms with Crippen molar-refractivity contribution in [2.75, 3.05) is 20.1 Å². The van der Waals surface area contributed by atoms with E-state index >= 15 is 0 Å². The smallest absolute Gasteiger partial charge is 0.222 e. The quantitative estimate of drug-likeness (QED) is 0.906. The van der Waals surface area contributed by atoms with Gasteiger partial charge in [0.2, 0.25) is 5.91 Å². The highest BCUT2D eigenvalue weighted by molar-refractivity contribution is 5.76. The van der Waals surface area contributed by atoms with Crippen LogP contribution in [0.4, 0.5) is 8.78 Å². The molecule has 1 aromatic rings. The van der Waals surface area contributed by atoms with Crippen LogP contribution in [0.15, 0.2) is 18.2 Å². The molecule has 0 radical (unpaired) electrons. The first-order valence-corrected chi connectivity index (χ1v) is 7.40. The van der Waals surface area contributed by atoms with E-state index in [1.807, 2.05) is 6.92 Å². The lowest BCUT2D eigenvalue weighted by atomic mass is 10.0. The molecular weight excluding hydrogens is 274 g/mol. The molecule has 1 heterocycles. The third-order valence-electron chi connectivity index (χ3n) is 4.33. The Balaban J connectivity index is 1.92. The Kier molecular flexibility index (Phi) is 5.28. The highest BCUT2D eigenvalue weighted by Crippen LogP contribution is 2.23. The van der Waals surface area contributed by atoms with Gasteiger partial charge in [-0.05, 0) is 56.5 Å². The van der Waals surface area contributed by atoms with E-state index in [0.29, 0.717) is 17.9 Å². The summed E-state index contributed by atoms with van der Waals surface area (Å²) in [6.45, 7) is 3.83. The summed E-state index contributed by atoms with van der Waals surface area (Å²) in [6.07, 6.45) is 2.49. The molecule has 1 aromatic carbocycles. The molecule has 0 aromatic heterocycles. The van der Waals surface area contributed by atoms with Crippen molar-refractivity contribution in [3.8, 4) is 0 Å². The van der Waals surface area contributed by atoms with Crippen molar-refractivity contribution in [3.63, 3.8) is 0 Å². The summed E-state index contributed by atoms with van der Waals surface area (Å²) in [6, 6.07) is 3.51. The van der Waals surface area contributed by atoms with Crippen LogP contribution in [0.25, 0.3) is 0 Å². The molecule has 116 valence electrons. The standard InChI is InChI=1S/C16H22F2N2O/c1-11(13-4-5-14(17)15(18)9-13)20(2)16(21)6-3-12-7-8-19-10-12/h4-5,9,11-12,19H,3,6-8,10H2,1-2H3. The van der Waals surface area contributed by atoms with E-state index in [1.54, 1.807) is 11.9 Å². The number of hydrogen-bond donors (Lipinski definition) is 1. The minimum atomic E-state index is -0.878. The molecule has 0 saturated carbocycles. The van der Waals surface area contributed by atoms with Crippen molar-refractivity contribution in [2.24, 2.45) is 5.92 Å². The molecular formula is C16H22F2N2O. The maximum absolute atomic E-state index is 13.3. The van der Waals surface area contributed by atoms with E-state index in [0.717, 1.165) is 38.1 Å². The summed E-state index contributed by atoms with van der Waals surface area (Å²) in [4.78, 5) is 13.8. The van der Waals surface area contributed by atoms with Crippen LogP contribution in [0.3, 0.4) is 0 Å². The van der Waals surface area contributed by atoms with Gasteiger partial charge in [0.1, 0.15) is 0 Å². The predicted octanol–water partition coefficient (Wildman–Crippen LogP) is 2.87. The molecule has 5 heteroatoms. The third-order valence-corrected chi connectivity index (χ3v) is 4.33. The van der Waals surface area contributed by atoms with Crippen molar-refractivity contribution < 1.29 is 13.6 Å². The number of rotatable bonds is 5. The van der Waals surface area contributed by atoms with E-state index < -0.39 is 11.6 Å². The van der Waals surface area contributed by atoms with Crippen molar-refractivity contribution in [1.29, 1.82) is 0 Å². The average molecular weight is 296 g/mol. The first-order valence-electron chi connectivity index (χ1n) is 7.40. The summed E-state index contributed by atoms with van der Waals surface area (Å²) in [5.41, 5.74) is 0.604. The van der Waals surface area contributed by atoms with Crippen LogP contribution in [0, 0.1) is 17.6 Å². The number of hydrogen-bond acceptors (Lipinski definition) is 2. The van der Waals surface area contributed by atoms with Gasteiger partial charge in [-0.1, -0.05) is 6.07 Å². The molecule has 0 bridgehead atoms. The maximum Gasteiger partial charge on any atom is 0.222 e. The Hall–Kier alpha value is -1.49. The van der Waals surface area contributed by atoms with Gasteiger partial charge in [-0.3, -0.25) is 4.79 Å². The number of carbonyl (C=O) groups excluding carboxylic acids is 1. The molecule has 1 fully saturated rings. The van der Waals surface area contributed by atoms with E-state index in [4.69, 9.17) is 0 Å². The lowest BCUT2D eigenvalue weighted by Gasteiger charge is -2.26. The van der Waals surface area contributed by atoms with Crippen LogP contribution in [-0.2, 0) is 4.79 Å². The third kappa shape index (κ3) is 4.00. The second-order valence-electron chi connectivity index (χ2n) is 5.75. The molecule has 3 nitrogen and oxygen atoms in total. The summed E-state index contributed by atoms with van der Waals surface area (Å²) in [7, 11) is 1.71. The van der Waals surface area contributed by atoms with Gasteiger partial charge in [0.25, 0.3) is 0 Å². The van der Waals surface area contributed by atoms with Crippen LogP contribution in [0.2, 0.25) is 0 Å². The molecule has 2 rings (SSSR count). The summed E-state index contributed by atoms with van der Waals surface area (Å²) in [5.74, 6) is -1.13. The number of amides is 1. The Bertz CT molecular complexity index is 501. The molecule has 0 spiro atoms. The highest BCUT2D eigenvalue weighted by Gasteiger charge is 2.21. The predicted molar refractivity (Wildman–Crippen MR) is 77.8 cm³/mol. The van der Waals surface area contributed by atoms with E-state index in [-0.39, 0.29) is 11.9 Å². The fourth-order valence-corrected chi connectivity index (χ4v) is 2.68. The van der Waals surface area contributed by atoms with Gasteiger partial charge in [-0.25, -0.2) is 8.78 Å². The molecule has 1 aliphatic heterocycles. The molecule has 1 amide bonds. The zero-order valence-electron chi connectivity index (χ0n) is 12.5. The number of benzene rings is 1. The summed E-state index contributed by atoms with van der Waals surface area (Å²) in [5, 5.41) is 3.28. The van der Waals surface area contributed by atoms with Crippen LogP contribution in [0.1, 0.15) is 37.8 Å². The van der Waals surface area contributed by atoms with E-state index in [9.17, 15) is 13.6 Å². The molecule has 1 saturated heterocycles. The van der Waals surface area contributed by atoms with Crippen LogP contribution in [0.5, 0.6) is 0 Å². The molecule has 21 heavy (non-hydrogen) atoms. The van der Waals surface area contributed by atoms with E-state index in [2.05, 4.69) is 5.32 Å². The zero-order valence-corrected chi connectivity index (χ0v) is 12.5. The second-order valence-corrected chi connectivity index (χ2v) is 5.75. The van der Waals surface area contributed by atoms with Crippen molar-refractivity contribution in [1.82, 2.24) is 10.2 Å². The Labute approximate surface area is 124 Å². The molecule has 0 aliphatic carbocycles. The largest absolute Gasteiger partial charge is 0.339 e. The lowest BCUT2D eigenvalue weighted by molar-refractivity contribution is -0.132. The first kappa shape index (κ1) is 15.9. The van der Waals surface area contributed by atoms with E-state index in [1.165, 1.54) is 6.07 Å². The van der Waals surface area contributed by atoms with Crippen LogP contribution in [-0.4, -0.2) is 30.9 Å². The number of carbonyl (C=O) groups is 1. The number of halogens is 2. The fourth-order valence-electron chi connectivity index (χ4n) is 2.68. The number of nitrogens with one attached hydrogen (secondary N) is 1. The molecule has 2 unspecified atom stereocenters. The second kappa shape index (κ2) is 6.98. The Morgan fingerprint density at radius 2 is 2.19 bits per heavy atom. The van der Waals surface area contributed by atoms with Gasteiger partial charge in [0, 0.05) is 13.5 Å². The molecule has 1 aliphatic rings. The zero-order chi connectivity index (χ0) is 15.4. The fraction of sp³-hybridized carbons (Fsp3) is 0.562. The lowest BCUT2D eigenvalue weighted by Crippen LogP contribution is -2.30.